The highest BCUT2D eigenvalue weighted by molar-refractivity contribution is 6.03. The van der Waals surface area contributed by atoms with E-state index in [0.29, 0.717) is 0 Å². The summed E-state index contributed by atoms with van der Waals surface area (Å²) in [5.74, 6) is -1.46. The van der Waals surface area contributed by atoms with Crippen LogP contribution in [0.4, 0.5) is 9.18 Å². The Morgan fingerprint density at radius 1 is 1.00 bits per heavy atom. The number of hydrogen-bond acceptors (Lipinski definition) is 6. The zero-order chi connectivity index (χ0) is 21.1. The maximum absolute atomic E-state index is 15.6. The molecule has 1 heterocycles. The van der Waals surface area contributed by atoms with Gasteiger partial charge in [0, 0.05) is 25.9 Å². The Morgan fingerprint density at radius 3 is 2.04 bits per heavy atom. The van der Waals surface area contributed by atoms with Crippen molar-refractivity contribution in [3.63, 3.8) is 0 Å². The van der Waals surface area contributed by atoms with Crippen LogP contribution < -0.4 is 0 Å². The fourth-order valence-electron chi connectivity index (χ4n) is 3.05. The van der Waals surface area contributed by atoms with E-state index in [4.69, 9.17) is 9.47 Å². The van der Waals surface area contributed by atoms with Gasteiger partial charge in [-0.2, -0.15) is 0 Å². The highest BCUT2D eigenvalue weighted by atomic mass is 19.1. The molecule has 7 nitrogen and oxygen atoms in total. The second-order valence-electron chi connectivity index (χ2n) is 7.68. The Balaban J connectivity index is 2.22. The fraction of sp³-hybridized carbons (Fsp3) is 0.550. The fourth-order valence-corrected chi connectivity index (χ4v) is 3.05. The first-order chi connectivity index (χ1) is 13.0. The van der Waals surface area contributed by atoms with Gasteiger partial charge >= 0.3 is 18.0 Å². The van der Waals surface area contributed by atoms with Crippen molar-refractivity contribution < 1.29 is 33.0 Å². The predicted molar refractivity (Wildman–Crippen MR) is 98.9 cm³/mol. The molecule has 0 unspecified atom stereocenters. The van der Waals surface area contributed by atoms with E-state index in [1.807, 2.05) is 0 Å². The van der Waals surface area contributed by atoms with Crippen molar-refractivity contribution in [2.75, 3.05) is 27.3 Å². The van der Waals surface area contributed by atoms with E-state index in [0.717, 1.165) is 0 Å². The van der Waals surface area contributed by atoms with Crippen LogP contribution in [0, 0.1) is 0 Å². The molecule has 154 valence electrons. The normalized spacial score (nSPS) is 16.3. The third kappa shape index (κ3) is 4.79. The molecule has 0 radical (unpaired) electrons. The predicted octanol–water partition coefficient (Wildman–Crippen LogP) is 3.46. The standard InChI is InChI=1S/C20H26FNO6/c1-19(2,3)28-18(25)22-10-8-20(21,9-11-22)13-6-7-14(16(23)26-4)15(12-13)17(24)27-5/h6-7,12H,8-11H2,1-5H3. The summed E-state index contributed by atoms with van der Waals surface area (Å²) in [6.45, 7) is 5.66. The van der Waals surface area contributed by atoms with Gasteiger partial charge in [0.25, 0.3) is 0 Å². The van der Waals surface area contributed by atoms with Crippen LogP contribution in [-0.4, -0.2) is 55.8 Å². The number of piperidine rings is 1. The zero-order valence-electron chi connectivity index (χ0n) is 16.8. The third-order valence-electron chi connectivity index (χ3n) is 4.56. The molecule has 1 aromatic rings. The minimum Gasteiger partial charge on any atom is -0.465 e. The molecule has 0 atom stereocenters. The van der Waals surface area contributed by atoms with Crippen molar-refractivity contribution >= 4 is 18.0 Å². The Morgan fingerprint density at radius 2 is 1.54 bits per heavy atom. The highest BCUT2D eigenvalue weighted by Gasteiger charge is 2.39. The number of rotatable bonds is 3. The quantitative estimate of drug-likeness (QED) is 0.576. The molecule has 1 aromatic carbocycles. The average Bonchev–Trinajstić information content (AvgIpc) is 2.65. The number of carbonyl (C=O) groups is 3. The van der Waals surface area contributed by atoms with Gasteiger partial charge < -0.3 is 19.1 Å². The van der Waals surface area contributed by atoms with Gasteiger partial charge in [0.15, 0.2) is 0 Å². The molecule has 0 saturated carbocycles. The van der Waals surface area contributed by atoms with Crippen LogP contribution in [0.25, 0.3) is 0 Å². The number of methoxy groups -OCH3 is 2. The van der Waals surface area contributed by atoms with Crippen molar-refractivity contribution in [2.45, 2.75) is 44.9 Å². The molecule has 0 spiro atoms. The number of esters is 2. The molecule has 0 N–H and O–H groups in total. The Labute approximate surface area is 163 Å². The number of nitrogens with zero attached hydrogens (tertiary/aromatic N) is 1. The van der Waals surface area contributed by atoms with Crippen molar-refractivity contribution in [1.29, 1.82) is 0 Å². The van der Waals surface area contributed by atoms with E-state index in [2.05, 4.69) is 4.74 Å². The number of likely N-dealkylation sites (tertiary alicyclic amines) is 1. The maximum Gasteiger partial charge on any atom is 0.410 e. The van der Waals surface area contributed by atoms with Gasteiger partial charge in [0.2, 0.25) is 0 Å². The van der Waals surface area contributed by atoms with Gasteiger partial charge in [-0.1, -0.05) is 6.07 Å². The number of halogens is 1. The average molecular weight is 395 g/mol. The second kappa shape index (κ2) is 8.16. The Kier molecular flexibility index (Phi) is 6.31. The molecule has 1 fully saturated rings. The van der Waals surface area contributed by atoms with Crippen molar-refractivity contribution in [2.24, 2.45) is 0 Å². The lowest BCUT2D eigenvalue weighted by atomic mass is 9.84. The minimum atomic E-state index is -1.74. The van der Waals surface area contributed by atoms with Gasteiger partial charge in [-0.25, -0.2) is 18.8 Å². The molecule has 8 heteroatoms. The van der Waals surface area contributed by atoms with E-state index in [-0.39, 0.29) is 42.6 Å². The van der Waals surface area contributed by atoms with Gasteiger partial charge in [-0.05, 0) is 38.5 Å². The van der Waals surface area contributed by atoms with Crippen LogP contribution in [0.5, 0.6) is 0 Å². The Hall–Kier alpha value is -2.64. The number of alkyl halides is 1. The summed E-state index contributed by atoms with van der Waals surface area (Å²) in [4.78, 5) is 37.5. The van der Waals surface area contributed by atoms with Crippen molar-refractivity contribution in [3.05, 3.63) is 34.9 Å². The number of ether oxygens (including phenoxy) is 3. The summed E-state index contributed by atoms with van der Waals surface area (Å²) in [7, 11) is 2.38. The molecule has 28 heavy (non-hydrogen) atoms. The molecule has 0 aromatic heterocycles. The van der Waals surface area contributed by atoms with Crippen molar-refractivity contribution in [3.8, 4) is 0 Å². The number of hydrogen-bond donors (Lipinski definition) is 0. The molecule has 0 aliphatic carbocycles. The van der Waals surface area contributed by atoms with Crippen LogP contribution in [0.3, 0.4) is 0 Å². The molecular weight excluding hydrogens is 369 g/mol. The second-order valence-corrected chi connectivity index (χ2v) is 7.68. The number of carbonyl (C=O) groups excluding carboxylic acids is 3. The first kappa shape index (κ1) is 21.7. The van der Waals surface area contributed by atoms with Crippen LogP contribution in [0.2, 0.25) is 0 Å². The lowest BCUT2D eigenvalue weighted by Gasteiger charge is -2.37. The summed E-state index contributed by atoms with van der Waals surface area (Å²) in [5.41, 5.74) is -2.16. The van der Waals surface area contributed by atoms with E-state index < -0.39 is 29.3 Å². The van der Waals surface area contributed by atoms with Gasteiger partial charge in [-0.3, -0.25) is 0 Å². The molecule has 1 amide bonds. The monoisotopic (exact) mass is 395 g/mol. The van der Waals surface area contributed by atoms with Gasteiger partial charge in [0.05, 0.1) is 25.3 Å². The van der Waals surface area contributed by atoms with Crippen LogP contribution in [0.15, 0.2) is 18.2 Å². The van der Waals surface area contributed by atoms with Gasteiger partial charge in [-0.15, -0.1) is 0 Å². The summed E-state index contributed by atoms with van der Waals surface area (Å²) in [6.07, 6.45) is -0.389. The minimum absolute atomic E-state index is 0.00731. The SMILES string of the molecule is COC(=O)c1ccc(C2(F)CCN(C(=O)OC(C)(C)C)CC2)cc1C(=O)OC. The zero-order valence-corrected chi connectivity index (χ0v) is 16.8. The van der Waals surface area contributed by atoms with Crippen LogP contribution >= 0.6 is 0 Å². The lowest BCUT2D eigenvalue weighted by molar-refractivity contribution is 0.00215. The van der Waals surface area contributed by atoms with E-state index in [1.165, 1.54) is 37.3 Å². The third-order valence-corrected chi connectivity index (χ3v) is 4.56. The topological polar surface area (TPSA) is 82.1 Å². The summed E-state index contributed by atoms with van der Waals surface area (Å²) < 4.78 is 30.3. The molecule has 2 rings (SSSR count). The Bertz CT molecular complexity index is 762. The number of amides is 1. The van der Waals surface area contributed by atoms with Crippen LogP contribution in [-0.2, 0) is 19.9 Å². The maximum atomic E-state index is 15.6. The van der Waals surface area contributed by atoms with Crippen LogP contribution in [0.1, 0.15) is 59.9 Å². The molecular formula is C20H26FNO6. The van der Waals surface area contributed by atoms with Gasteiger partial charge in [0.1, 0.15) is 11.3 Å². The van der Waals surface area contributed by atoms with E-state index >= 15 is 4.39 Å². The summed E-state index contributed by atoms with van der Waals surface area (Å²) in [6, 6.07) is 4.14. The first-order valence-electron chi connectivity index (χ1n) is 8.99. The smallest absolute Gasteiger partial charge is 0.410 e. The summed E-state index contributed by atoms with van der Waals surface area (Å²) >= 11 is 0. The molecule has 0 bridgehead atoms. The molecule has 1 aliphatic rings. The van der Waals surface area contributed by atoms with E-state index in [9.17, 15) is 14.4 Å². The number of benzene rings is 1. The molecule has 1 aliphatic heterocycles. The summed E-state index contributed by atoms with van der Waals surface area (Å²) in [5, 5.41) is 0. The molecule has 1 saturated heterocycles. The van der Waals surface area contributed by atoms with Crippen molar-refractivity contribution in [1.82, 2.24) is 4.90 Å². The highest BCUT2D eigenvalue weighted by Crippen LogP contribution is 2.38. The lowest BCUT2D eigenvalue weighted by Crippen LogP contribution is -2.45. The van der Waals surface area contributed by atoms with E-state index in [1.54, 1.807) is 20.8 Å². The first-order valence-corrected chi connectivity index (χ1v) is 8.99. The largest absolute Gasteiger partial charge is 0.465 e.